The molecule has 0 aromatic rings. The van der Waals surface area contributed by atoms with Crippen molar-refractivity contribution in [2.45, 2.75) is 30.4 Å². The van der Waals surface area contributed by atoms with E-state index in [1.807, 2.05) is 0 Å². The molecule has 0 bridgehead atoms. The molecule has 92 valence electrons. The molecule has 7 nitrogen and oxygen atoms in total. The maximum absolute atomic E-state index is 11.2. The highest BCUT2D eigenvalue weighted by Crippen LogP contribution is 2.40. The van der Waals surface area contributed by atoms with Crippen molar-refractivity contribution in [2.24, 2.45) is 5.92 Å². The van der Waals surface area contributed by atoms with Crippen LogP contribution in [0.15, 0.2) is 0 Å². The Morgan fingerprint density at radius 1 is 1.19 bits per heavy atom. The van der Waals surface area contributed by atoms with Crippen LogP contribution in [0.5, 0.6) is 0 Å². The summed E-state index contributed by atoms with van der Waals surface area (Å²) < 4.78 is 28.8. The molecule has 0 radical (unpaired) electrons. The van der Waals surface area contributed by atoms with Crippen molar-refractivity contribution in [1.82, 2.24) is 0 Å². The third kappa shape index (κ3) is 1.78. The van der Waals surface area contributed by atoms with Gasteiger partial charge in [-0.15, -0.1) is 0 Å². The van der Waals surface area contributed by atoms with Gasteiger partial charge in [0.1, 0.15) is 0 Å². The molecule has 2 atom stereocenters. The fraction of sp³-hybridized carbons (Fsp3) is 0.750. The predicted octanol–water partition coefficient (Wildman–Crippen LogP) is -0.0276. The van der Waals surface area contributed by atoms with E-state index in [1.165, 1.54) is 0 Å². The van der Waals surface area contributed by atoms with Crippen LogP contribution in [0.25, 0.3) is 0 Å². The number of carbonyl (C=O) groups is 2. The van der Waals surface area contributed by atoms with Gasteiger partial charge < -0.3 is 10.2 Å². The highest BCUT2D eigenvalue weighted by atomic mass is 32.2. The zero-order valence-electron chi connectivity index (χ0n) is 8.29. The van der Waals surface area contributed by atoms with E-state index in [4.69, 9.17) is 14.8 Å². The van der Waals surface area contributed by atoms with Crippen LogP contribution < -0.4 is 0 Å². The van der Waals surface area contributed by atoms with Gasteiger partial charge in [0.2, 0.25) is 4.75 Å². The Hall–Kier alpha value is -1.15. The molecule has 1 saturated carbocycles. The molecule has 0 spiro atoms. The van der Waals surface area contributed by atoms with Crippen LogP contribution in [0.3, 0.4) is 0 Å². The van der Waals surface area contributed by atoms with E-state index >= 15 is 0 Å². The van der Waals surface area contributed by atoms with E-state index in [9.17, 15) is 18.0 Å². The molecule has 8 heteroatoms. The Bertz CT molecular complexity index is 412. The average molecular weight is 252 g/mol. The van der Waals surface area contributed by atoms with E-state index in [0.29, 0.717) is 6.42 Å². The Labute approximate surface area is 91.8 Å². The van der Waals surface area contributed by atoms with Crippen LogP contribution in [0.4, 0.5) is 0 Å². The van der Waals surface area contributed by atoms with Gasteiger partial charge >= 0.3 is 11.9 Å². The van der Waals surface area contributed by atoms with Gasteiger partial charge in [0.05, 0.1) is 5.92 Å². The molecule has 0 aliphatic heterocycles. The lowest BCUT2D eigenvalue weighted by Crippen LogP contribution is -2.56. The lowest BCUT2D eigenvalue weighted by atomic mass is 9.78. The molecule has 2 unspecified atom stereocenters. The van der Waals surface area contributed by atoms with E-state index in [0.717, 1.165) is 0 Å². The molecule has 1 rings (SSSR count). The highest BCUT2D eigenvalue weighted by Gasteiger charge is 2.60. The maximum Gasteiger partial charge on any atom is 0.328 e. The van der Waals surface area contributed by atoms with Gasteiger partial charge in [0, 0.05) is 0 Å². The van der Waals surface area contributed by atoms with Crippen LogP contribution in [0.2, 0.25) is 0 Å². The first-order chi connectivity index (χ1) is 7.23. The van der Waals surface area contributed by atoms with Crippen LogP contribution in [0.1, 0.15) is 25.7 Å². The summed E-state index contributed by atoms with van der Waals surface area (Å²) in [5.41, 5.74) is 0. The van der Waals surface area contributed by atoms with Gasteiger partial charge in [-0.25, -0.2) is 0 Å². The van der Waals surface area contributed by atoms with E-state index < -0.39 is 32.7 Å². The molecule has 0 aromatic heterocycles. The standard InChI is InChI=1S/C8H12O7S/c9-6(10)5-3-1-2-4-8(5,7(11)12)16(13,14)15/h5H,1-4H2,(H,9,10)(H,11,12)(H,13,14,15). The fourth-order valence-corrected chi connectivity index (χ4v) is 3.34. The van der Waals surface area contributed by atoms with Crippen LogP contribution in [-0.4, -0.2) is 39.9 Å². The predicted molar refractivity (Wildman–Crippen MR) is 51.5 cm³/mol. The summed E-state index contributed by atoms with van der Waals surface area (Å²) in [6.07, 6.45) is 0.247. The molecule has 3 N–H and O–H groups in total. The molecule has 0 aromatic carbocycles. The third-order valence-electron chi connectivity index (χ3n) is 2.97. The van der Waals surface area contributed by atoms with Gasteiger partial charge in [0.15, 0.2) is 0 Å². The van der Waals surface area contributed by atoms with Gasteiger partial charge in [-0.2, -0.15) is 8.42 Å². The summed E-state index contributed by atoms with van der Waals surface area (Å²) in [4.78, 5) is 21.9. The molecule has 0 saturated heterocycles. The highest BCUT2D eigenvalue weighted by molar-refractivity contribution is 7.88. The molecule has 1 aliphatic carbocycles. The average Bonchev–Trinajstić information content (AvgIpc) is 2.15. The van der Waals surface area contributed by atoms with Crippen molar-refractivity contribution in [2.75, 3.05) is 0 Å². The lowest BCUT2D eigenvalue weighted by Gasteiger charge is -2.35. The van der Waals surface area contributed by atoms with Crippen molar-refractivity contribution < 1.29 is 32.8 Å². The van der Waals surface area contributed by atoms with E-state index in [-0.39, 0.29) is 19.3 Å². The first kappa shape index (κ1) is 12.9. The van der Waals surface area contributed by atoms with Crippen LogP contribution in [0, 0.1) is 5.92 Å². The summed E-state index contributed by atoms with van der Waals surface area (Å²) in [5.74, 6) is -4.92. The van der Waals surface area contributed by atoms with Crippen molar-refractivity contribution in [3.63, 3.8) is 0 Å². The van der Waals surface area contributed by atoms with Gasteiger partial charge in [-0.1, -0.05) is 12.8 Å². The number of hydrogen-bond donors (Lipinski definition) is 3. The molecule has 1 fully saturated rings. The Morgan fingerprint density at radius 2 is 1.75 bits per heavy atom. The first-order valence-corrected chi connectivity index (χ1v) is 6.10. The molecular formula is C8H12O7S. The minimum Gasteiger partial charge on any atom is -0.481 e. The molecule has 0 amide bonds. The Balaban J connectivity index is 3.36. The normalized spacial score (nSPS) is 30.9. The molecular weight excluding hydrogens is 240 g/mol. The van der Waals surface area contributed by atoms with Gasteiger partial charge in [-0.3, -0.25) is 14.1 Å². The second-order valence-electron chi connectivity index (χ2n) is 3.81. The van der Waals surface area contributed by atoms with Crippen molar-refractivity contribution in [3.8, 4) is 0 Å². The number of aliphatic carboxylic acids is 2. The summed E-state index contributed by atoms with van der Waals surface area (Å²) >= 11 is 0. The zero-order chi connectivity index (χ0) is 12.6. The monoisotopic (exact) mass is 252 g/mol. The van der Waals surface area contributed by atoms with Crippen molar-refractivity contribution in [1.29, 1.82) is 0 Å². The Kier molecular flexibility index (Phi) is 3.25. The maximum atomic E-state index is 11.2. The minimum atomic E-state index is -4.96. The van der Waals surface area contributed by atoms with E-state index in [1.54, 1.807) is 0 Å². The molecule has 0 heterocycles. The fourth-order valence-electron chi connectivity index (χ4n) is 2.14. The third-order valence-corrected chi connectivity index (χ3v) is 4.56. The topological polar surface area (TPSA) is 129 Å². The van der Waals surface area contributed by atoms with Crippen molar-refractivity contribution >= 4 is 22.1 Å². The van der Waals surface area contributed by atoms with Crippen LogP contribution in [-0.2, 0) is 19.7 Å². The zero-order valence-corrected chi connectivity index (χ0v) is 9.11. The number of hydrogen-bond acceptors (Lipinski definition) is 4. The summed E-state index contributed by atoms with van der Waals surface area (Å²) in [5, 5.41) is 17.8. The number of carboxylic acids is 2. The Morgan fingerprint density at radius 3 is 2.06 bits per heavy atom. The smallest absolute Gasteiger partial charge is 0.328 e. The largest absolute Gasteiger partial charge is 0.481 e. The van der Waals surface area contributed by atoms with Crippen molar-refractivity contribution in [3.05, 3.63) is 0 Å². The SMILES string of the molecule is O=C(O)C1CCCCC1(C(=O)O)S(=O)(=O)O. The molecule has 1 aliphatic rings. The first-order valence-electron chi connectivity index (χ1n) is 4.66. The summed E-state index contributed by atoms with van der Waals surface area (Å²) in [6.45, 7) is 0. The number of carboxylic acid groups (broad SMARTS) is 2. The lowest BCUT2D eigenvalue weighted by molar-refractivity contribution is -0.153. The van der Waals surface area contributed by atoms with Crippen LogP contribution >= 0.6 is 0 Å². The molecule has 16 heavy (non-hydrogen) atoms. The second kappa shape index (κ2) is 4.02. The second-order valence-corrected chi connectivity index (χ2v) is 5.48. The van der Waals surface area contributed by atoms with Gasteiger partial charge in [-0.05, 0) is 12.8 Å². The number of rotatable bonds is 3. The van der Waals surface area contributed by atoms with E-state index in [2.05, 4.69) is 0 Å². The van der Waals surface area contributed by atoms with Gasteiger partial charge in [0.25, 0.3) is 10.1 Å². The summed E-state index contributed by atoms with van der Waals surface area (Å²) in [7, 11) is -4.96. The quantitative estimate of drug-likeness (QED) is 0.601. The minimum absolute atomic E-state index is 0.0680. The summed E-state index contributed by atoms with van der Waals surface area (Å²) in [6, 6.07) is 0.